The Morgan fingerprint density at radius 3 is 1.56 bits per heavy atom. The van der Waals surface area contributed by atoms with Gasteiger partial charge in [-0.25, -0.2) is 4.98 Å². The summed E-state index contributed by atoms with van der Waals surface area (Å²) in [4.78, 5) is 3.11. The number of hydrogen-bond donors (Lipinski definition) is 1. The van der Waals surface area contributed by atoms with Crippen LogP contribution in [0.3, 0.4) is 0 Å². The van der Waals surface area contributed by atoms with E-state index in [4.69, 9.17) is 0 Å². The number of aryl methyl sites for hydroxylation is 1. The highest BCUT2D eigenvalue weighted by molar-refractivity contribution is 9.10. The summed E-state index contributed by atoms with van der Waals surface area (Å²) in [6.07, 6.45) is -9.59. The molecule has 4 rings (SSSR count). The van der Waals surface area contributed by atoms with Crippen molar-refractivity contribution in [2.45, 2.75) is 35.7 Å². The van der Waals surface area contributed by atoms with E-state index in [-0.39, 0.29) is 28.1 Å². The number of hydrogen-bond acceptors (Lipinski definition) is 11. The monoisotopic (exact) mass is 974 g/mol. The largest absolute Gasteiger partial charge is 0.618 e. The quantitative estimate of drug-likeness (QED) is 0.0691. The van der Waals surface area contributed by atoms with E-state index in [1.54, 1.807) is 12.1 Å². The highest BCUT2D eigenvalue weighted by Crippen LogP contribution is 2.40. The molecule has 0 radical (unpaired) electrons. The van der Waals surface area contributed by atoms with E-state index in [0.717, 1.165) is 24.3 Å². The normalized spacial score (nSPS) is 14.7. The molecule has 2 aromatic heterocycles. The molecule has 24 heteroatoms. The van der Waals surface area contributed by atoms with Gasteiger partial charge in [-0.3, -0.25) is 8.37 Å². The van der Waals surface area contributed by atoms with Gasteiger partial charge in [-0.15, -0.1) is 0 Å². The minimum atomic E-state index is -4.80. The first-order chi connectivity index (χ1) is 24.6. The lowest BCUT2D eigenvalue weighted by Crippen LogP contribution is -2.47. The van der Waals surface area contributed by atoms with Crippen LogP contribution in [0.15, 0.2) is 91.5 Å². The highest BCUT2D eigenvalue weighted by atomic mass is 79.9. The Kier molecular flexibility index (Phi) is 14.6. The molecule has 0 fully saturated rings. The van der Waals surface area contributed by atoms with E-state index in [1.165, 1.54) is 56.7 Å². The standard InChI is InChI=1S/2C15H14BrF3NO5PS/c1-10-7-11(16)8-14(20(10)21)26(2,22)12-3-5-13(6-4-12)27(23,24)25-9-15(17,18)19;1-26(22,14-7-10(16)6-11(8-21)20-14)12-2-4-13(5-3-12)27(23,24)25-9-15(17,18)19/h3-8H,9H2,1-2H3;2-7,21H,8-9H2,1H3. The molecular weight excluding hydrogens is 948 g/mol. The molecule has 2 heterocycles. The number of benzene rings is 2. The SMILES string of the molecule is CP(=O)(c1ccc(S(=O)(=O)OCC(F)(F)F)cc1)c1cc(Br)cc(CO)n1.Cc1cc(Br)cc(P(C)(=O)c2ccc(S(=O)(=O)OCC(F)(F)F)cc2)[n+]1[O-]. The van der Waals surface area contributed by atoms with E-state index >= 15 is 0 Å². The zero-order chi connectivity index (χ0) is 41.1. The summed E-state index contributed by atoms with van der Waals surface area (Å²) < 4.78 is 156. The van der Waals surface area contributed by atoms with Gasteiger partial charge in [0.05, 0.1) is 22.1 Å². The molecule has 0 spiro atoms. The van der Waals surface area contributed by atoms with E-state index in [1.807, 2.05) is 0 Å². The van der Waals surface area contributed by atoms with Crippen LogP contribution >= 0.6 is 46.1 Å². The smallest absolute Gasteiger partial charge is 0.413 e. The van der Waals surface area contributed by atoms with Gasteiger partial charge in [-0.2, -0.15) is 47.9 Å². The molecule has 296 valence electrons. The van der Waals surface area contributed by atoms with Crippen LogP contribution in [0.25, 0.3) is 0 Å². The van der Waals surface area contributed by atoms with E-state index < -0.39 is 69.9 Å². The Morgan fingerprint density at radius 1 is 0.741 bits per heavy atom. The molecule has 54 heavy (non-hydrogen) atoms. The number of alkyl halides is 6. The summed E-state index contributed by atoms with van der Waals surface area (Å²) in [7, 11) is -15.9. The first-order valence-corrected chi connectivity index (χ1v) is 23.3. The van der Waals surface area contributed by atoms with Gasteiger partial charge in [-0.1, -0.05) is 31.9 Å². The maximum Gasteiger partial charge on any atom is 0.413 e. The van der Waals surface area contributed by atoms with Crippen LogP contribution in [0, 0.1) is 12.1 Å². The Balaban J connectivity index is 0.000000290. The van der Waals surface area contributed by atoms with Crippen molar-refractivity contribution in [3.05, 3.63) is 98.3 Å². The number of aliphatic hydroxyl groups excluding tert-OH is 1. The van der Waals surface area contributed by atoms with Crippen LogP contribution in [0.5, 0.6) is 0 Å². The second kappa shape index (κ2) is 17.2. The summed E-state index contributed by atoms with van der Waals surface area (Å²) in [5, 5.41) is 21.9. The number of rotatable bonds is 11. The Hall–Kier alpha value is -2.68. The minimum absolute atomic E-state index is 0.0155. The van der Waals surface area contributed by atoms with Crippen LogP contribution < -0.4 is 26.2 Å². The van der Waals surface area contributed by atoms with Gasteiger partial charge >= 0.3 is 12.4 Å². The average Bonchev–Trinajstić information content (AvgIpc) is 3.07. The van der Waals surface area contributed by atoms with Crippen LogP contribution in [0.2, 0.25) is 0 Å². The van der Waals surface area contributed by atoms with Crippen molar-refractivity contribution in [3.63, 3.8) is 0 Å². The molecule has 2 aromatic carbocycles. The lowest BCUT2D eigenvalue weighted by molar-refractivity contribution is -0.593. The fourth-order valence-electron chi connectivity index (χ4n) is 4.28. The van der Waals surface area contributed by atoms with Gasteiger partial charge in [0.25, 0.3) is 25.7 Å². The molecule has 0 saturated heterocycles. The maximum atomic E-state index is 13.2. The molecule has 0 amide bonds. The third kappa shape index (κ3) is 12.2. The minimum Gasteiger partial charge on any atom is -0.618 e. The molecule has 4 aromatic rings. The molecule has 0 aliphatic heterocycles. The third-order valence-electron chi connectivity index (χ3n) is 7.00. The Labute approximate surface area is 322 Å². The summed E-state index contributed by atoms with van der Waals surface area (Å²) in [5.41, 5.74) is 0.769. The molecule has 0 aliphatic rings. The molecule has 12 nitrogen and oxygen atoms in total. The van der Waals surface area contributed by atoms with Gasteiger partial charge in [0.2, 0.25) is 7.14 Å². The van der Waals surface area contributed by atoms with Gasteiger partial charge in [0, 0.05) is 45.3 Å². The van der Waals surface area contributed by atoms with Gasteiger partial charge < -0.3 is 19.4 Å². The number of nitrogens with zero attached hydrogens (tertiary/aromatic N) is 2. The molecule has 1 N–H and O–H groups in total. The second-order valence-corrected chi connectivity index (χ2v) is 22.0. The van der Waals surface area contributed by atoms with Crippen molar-refractivity contribution in [2.24, 2.45) is 0 Å². The van der Waals surface area contributed by atoms with Crippen LogP contribution in [-0.2, 0) is 44.3 Å². The maximum absolute atomic E-state index is 13.2. The Morgan fingerprint density at radius 2 is 1.15 bits per heavy atom. The van der Waals surface area contributed by atoms with Crippen molar-refractivity contribution < 1.29 is 70.5 Å². The first kappa shape index (κ1) is 45.7. The van der Waals surface area contributed by atoms with Crippen molar-refractivity contribution in [2.75, 3.05) is 26.5 Å². The van der Waals surface area contributed by atoms with Crippen molar-refractivity contribution in [3.8, 4) is 0 Å². The third-order valence-corrected chi connectivity index (χ3v) is 15.3. The molecule has 0 bridgehead atoms. The van der Waals surface area contributed by atoms with Gasteiger partial charge in [-0.05, 0) is 67.3 Å². The number of aliphatic hydroxyl groups is 1. The van der Waals surface area contributed by atoms with Crippen LogP contribution in [0.4, 0.5) is 26.3 Å². The zero-order valence-corrected chi connectivity index (χ0v) is 34.4. The average molecular weight is 976 g/mol. The van der Waals surface area contributed by atoms with Gasteiger partial charge in [0.15, 0.2) is 26.0 Å². The zero-order valence-electron chi connectivity index (χ0n) is 27.8. The fourth-order valence-corrected chi connectivity index (χ4v) is 11.0. The molecular formula is C30H28Br2F6N2O10P2S2. The highest BCUT2D eigenvalue weighted by Gasteiger charge is 2.34. The number of halogens is 8. The van der Waals surface area contributed by atoms with E-state index in [0.29, 0.717) is 25.1 Å². The van der Waals surface area contributed by atoms with Crippen molar-refractivity contribution >= 4 is 87.9 Å². The molecule has 0 saturated carbocycles. The second-order valence-electron chi connectivity index (χ2n) is 11.3. The predicted molar refractivity (Wildman–Crippen MR) is 193 cm³/mol. The first-order valence-electron chi connectivity index (χ1n) is 14.6. The van der Waals surface area contributed by atoms with Crippen molar-refractivity contribution in [1.82, 2.24) is 4.98 Å². The molecule has 2 unspecified atom stereocenters. The topological polar surface area (TPSA) is 181 Å². The lowest BCUT2D eigenvalue weighted by atomic mass is 10.4. The molecule has 0 aliphatic carbocycles. The fraction of sp³-hybridized carbons (Fsp3) is 0.267. The summed E-state index contributed by atoms with van der Waals surface area (Å²) in [6, 6.07) is 14.8. The predicted octanol–water partition coefficient (Wildman–Crippen LogP) is 5.15. The van der Waals surface area contributed by atoms with E-state index in [9.17, 15) is 62.6 Å². The summed E-state index contributed by atoms with van der Waals surface area (Å²) >= 11 is 6.45. The summed E-state index contributed by atoms with van der Waals surface area (Å²) in [6.45, 7) is 0.0417. The lowest BCUT2D eigenvalue weighted by Gasteiger charge is -2.15. The van der Waals surface area contributed by atoms with Crippen LogP contribution in [0.1, 0.15) is 11.4 Å². The van der Waals surface area contributed by atoms with Gasteiger partial charge in [0.1, 0.15) is 5.44 Å². The van der Waals surface area contributed by atoms with E-state index in [2.05, 4.69) is 45.2 Å². The molecule has 2 atom stereocenters. The Bertz CT molecular complexity index is 2320. The number of aromatic nitrogens is 2. The number of pyridine rings is 2. The van der Waals surface area contributed by atoms with Crippen LogP contribution in [-0.4, -0.2) is 65.8 Å². The summed E-state index contributed by atoms with van der Waals surface area (Å²) in [5.74, 6) is 0. The van der Waals surface area contributed by atoms with Crippen molar-refractivity contribution in [1.29, 1.82) is 0 Å².